The zero-order valence-electron chi connectivity index (χ0n) is 10.3. The SMILES string of the molecule is CCC(C)NCCOc1ccccc1OC. The quantitative estimate of drug-likeness (QED) is 0.720. The van der Waals surface area contributed by atoms with Gasteiger partial charge in [-0.05, 0) is 25.5 Å². The van der Waals surface area contributed by atoms with E-state index in [1.54, 1.807) is 7.11 Å². The van der Waals surface area contributed by atoms with E-state index in [1.807, 2.05) is 24.3 Å². The highest BCUT2D eigenvalue weighted by Crippen LogP contribution is 2.25. The standard InChI is InChI=1S/C13H21NO2/c1-4-11(2)14-9-10-16-13-8-6-5-7-12(13)15-3/h5-8,11,14H,4,9-10H2,1-3H3. The normalized spacial score (nSPS) is 12.2. The molecule has 0 aliphatic rings. The molecule has 0 spiro atoms. The van der Waals surface area contributed by atoms with Gasteiger partial charge in [-0.15, -0.1) is 0 Å². The van der Waals surface area contributed by atoms with Crippen molar-refractivity contribution in [1.29, 1.82) is 0 Å². The van der Waals surface area contributed by atoms with Crippen molar-refractivity contribution in [3.8, 4) is 11.5 Å². The second-order valence-corrected chi connectivity index (χ2v) is 3.76. The molecule has 1 aromatic carbocycles. The zero-order chi connectivity index (χ0) is 11.8. The number of benzene rings is 1. The fraction of sp³-hybridized carbons (Fsp3) is 0.538. The maximum absolute atomic E-state index is 5.64. The number of rotatable bonds is 7. The molecule has 1 atom stereocenters. The van der Waals surface area contributed by atoms with Gasteiger partial charge in [0.2, 0.25) is 0 Å². The number of hydrogen-bond acceptors (Lipinski definition) is 3. The van der Waals surface area contributed by atoms with Gasteiger partial charge in [-0.2, -0.15) is 0 Å². The number of nitrogens with one attached hydrogen (secondary N) is 1. The summed E-state index contributed by atoms with van der Waals surface area (Å²) in [4.78, 5) is 0. The molecule has 0 amide bonds. The third-order valence-corrected chi connectivity index (χ3v) is 2.53. The molecule has 0 radical (unpaired) electrons. The van der Waals surface area contributed by atoms with Gasteiger partial charge >= 0.3 is 0 Å². The summed E-state index contributed by atoms with van der Waals surface area (Å²) < 4.78 is 10.8. The minimum atomic E-state index is 0.543. The molecule has 0 aromatic heterocycles. The molecule has 1 aromatic rings. The summed E-state index contributed by atoms with van der Waals surface area (Å²) >= 11 is 0. The van der Waals surface area contributed by atoms with E-state index in [-0.39, 0.29) is 0 Å². The lowest BCUT2D eigenvalue weighted by molar-refractivity contribution is 0.287. The monoisotopic (exact) mass is 223 g/mol. The first-order valence-electron chi connectivity index (χ1n) is 5.77. The highest BCUT2D eigenvalue weighted by Gasteiger charge is 2.02. The molecule has 0 saturated carbocycles. The van der Waals surface area contributed by atoms with Crippen LogP contribution in [-0.2, 0) is 0 Å². The fourth-order valence-corrected chi connectivity index (χ4v) is 1.35. The molecule has 3 heteroatoms. The first-order chi connectivity index (χ1) is 7.77. The zero-order valence-corrected chi connectivity index (χ0v) is 10.3. The van der Waals surface area contributed by atoms with Crippen LogP contribution in [0, 0.1) is 0 Å². The van der Waals surface area contributed by atoms with Crippen LogP contribution in [0.2, 0.25) is 0 Å². The molecule has 1 unspecified atom stereocenters. The molecule has 16 heavy (non-hydrogen) atoms. The van der Waals surface area contributed by atoms with Crippen LogP contribution in [-0.4, -0.2) is 26.3 Å². The van der Waals surface area contributed by atoms with Crippen molar-refractivity contribution in [1.82, 2.24) is 5.32 Å². The van der Waals surface area contributed by atoms with Gasteiger partial charge in [0.15, 0.2) is 11.5 Å². The van der Waals surface area contributed by atoms with Crippen molar-refractivity contribution < 1.29 is 9.47 Å². The Morgan fingerprint density at radius 2 is 1.94 bits per heavy atom. The van der Waals surface area contributed by atoms with Gasteiger partial charge in [0.25, 0.3) is 0 Å². The summed E-state index contributed by atoms with van der Waals surface area (Å²) in [5.41, 5.74) is 0. The second-order valence-electron chi connectivity index (χ2n) is 3.76. The van der Waals surface area contributed by atoms with Gasteiger partial charge in [0.1, 0.15) is 6.61 Å². The van der Waals surface area contributed by atoms with Crippen molar-refractivity contribution in [3.63, 3.8) is 0 Å². The van der Waals surface area contributed by atoms with Gasteiger partial charge < -0.3 is 14.8 Å². The Morgan fingerprint density at radius 3 is 2.56 bits per heavy atom. The maximum Gasteiger partial charge on any atom is 0.161 e. The van der Waals surface area contributed by atoms with Crippen LogP contribution in [0.25, 0.3) is 0 Å². The maximum atomic E-state index is 5.64. The van der Waals surface area contributed by atoms with Crippen molar-refractivity contribution in [2.75, 3.05) is 20.3 Å². The molecule has 0 aliphatic carbocycles. The van der Waals surface area contributed by atoms with Crippen molar-refractivity contribution in [2.45, 2.75) is 26.3 Å². The van der Waals surface area contributed by atoms with Gasteiger partial charge in [0.05, 0.1) is 7.11 Å². The van der Waals surface area contributed by atoms with Crippen molar-refractivity contribution in [3.05, 3.63) is 24.3 Å². The van der Waals surface area contributed by atoms with Gasteiger partial charge in [0, 0.05) is 12.6 Å². The smallest absolute Gasteiger partial charge is 0.161 e. The number of methoxy groups -OCH3 is 1. The van der Waals surface area contributed by atoms with E-state index in [1.165, 1.54) is 0 Å². The lowest BCUT2D eigenvalue weighted by Gasteiger charge is -2.13. The Morgan fingerprint density at radius 1 is 1.25 bits per heavy atom. The second kappa shape index (κ2) is 7.12. The Kier molecular flexibility index (Phi) is 5.72. The molecular formula is C13H21NO2. The largest absolute Gasteiger partial charge is 0.493 e. The van der Waals surface area contributed by atoms with Crippen molar-refractivity contribution >= 4 is 0 Å². The summed E-state index contributed by atoms with van der Waals surface area (Å²) in [6, 6.07) is 8.24. The molecule has 3 nitrogen and oxygen atoms in total. The summed E-state index contributed by atoms with van der Waals surface area (Å²) in [5, 5.41) is 3.37. The lowest BCUT2D eigenvalue weighted by Crippen LogP contribution is -2.29. The Bertz CT molecular complexity index is 302. The predicted molar refractivity (Wildman–Crippen MR) is 66.2 cm³/mol. The van der Waals surface area contributed by atoms with Gasteiger partial charge in [-0.3, -0.25) is 0 Å². The molecule has 0 saturated heterocycles. The van der Waals surface area contributed by atoms with Crippen molar-refractivity contribution in [2.24, 2.45) is 0 Å². The highest BCUT2D eigenvalue weighted by atomic mass is 16.5. The van der Waals surface area contributed by atoms with E-state index >= 15 is 0 Å². The van der Waals surface area contributed by atoms with E-state index in [0.717, 1.165) is 24.5 Å². The van der Waals surface area contributed by atoms with Crippen LogP contribution < -0.4 is 14.8 Å². The average molecular weight is 223 g/mol. The van der Waals surface area contributed by atoms with Crippen LogP contribution in [0.15, 0.2) is 24.3 Å². The van der Waals surface area contributed by atoms with Crippen LogP contribution >= 0.6 is 0 Å². The van der Waals surface area contributed by atoms with Crippen LogP contribution in [0.1, 0.15) is 20.3 Å². The summed E-state index contributed by atoms with van der Waals surface area (Å²) in [6.45, 7) is 5.85. The predicted octanol–water partition coefficient (Wildman–Crippen LogP) is 2.46. The van der Waals surface area contributed by atoms with E-state index < -0.39 is 0 Å². The first-order valence-corrected chi connectivity index (χ1v) is 5.77. The van der Waals surface area contributed by atoms with Gasteiger partial charge in [-0.25, -0.2) is 0 Å². The molecule has 90 valence electrons. The molecule has 1 rings (SSSR count). The topological polar surface area (TPSA) is 30.5 Å². The minimum Gasteiger partial charge on any atom is -0.493 e. The Balaban J connectivity index is 2.31. The Labute approximate surface area is 97.8 Å². The van der Waals surface area contributed by atoms with E-state index in [0.29, 0.717) is 12.6 Å². The van der Waals surface area contributed by atoms with Crippen LogP contribution in [0.3, 0.4) is 0 Å². The molecule has 0 aliphatic heterocycles. The Hall–Kier alpha value is -1.22. The minimum absolute atomic E-state index is 0.543. The molecular weight excluding hydrogens is 202 g/mol. The molecule has 0 heterocycles. The van der Waals surface area contributed by atoms with Crippen LogP contribution in [0.5, 0.6) is 11.5 Å². The third kappa shape index (κ3) is 4.11. The third-order valence-electron chi connectivity index (χ3n) is 2.53. The summed E-state index contributed by atoms with van der Waals surface area (Å²) in [6.07, 6.45) is 1.13. The van der Waals surface area contributed by atoms with E-state index in [4.69, 9.17) is 9.47 Å². The number of ether oxygens (including phenoxy) is 2. The number of hydrogen-bond donors (Lipinski definition) is 1. The van der Waals surface area contributed by atoms with E-state index in [9.17, 15) is 0 Å². The molecule has 0 bridgehead atoms. The highest BCUT2D eigenvalue weighted by molar-refractivity contribution is 5.39. The molecule has 0 fully saturated rings. The fourth-order valence-electron chi connectivity index (χ4n) is 1.35. The number of para-hydroxylation sites is 2. The molecule has 1 N–H and O–H groups in total. The van der Waals surface area contributed by atoms with E-state index in [2.05, 4.69) is 19.2 Å². The average Bonchev–Trinajstić information content (AvgIpc) is 2.34. The first kappa shape index (κ1) is 12.8. The van der Waals surface area contributed by atoms with Gasteiger partial charge in [-0.1, -0.05) is 19.1 Å². The van der Waals surface area contributed by atoms with Crippen LogP contribution in [0.4, 0.5) is 0 Å². The summed E-state index contributed by atoms with van der Waals surface area (Å²) in [5.74, 6) is 1.59. The lowest BCUT2D eigenvalue weighted by atomic mass is 10.3. The summed E-state index contributed by atoms with van der Waals surface area (Å²) in [7, 11) is 1.65.